The van der Waals surface area contributed by atoms with Crippen LogP contribution in [-0.2, 0) is 0 Å². The summed E-state index contributed by atoms with van der Waals surface area (Å²) in [5.41, 5.74) is 0.138. The monoisotopic (exact) mass is 340 g/mol. The first kappa shape index (κ1) is 16.7. The minimum atomic E-state index is -0.586. The van der Waals surface area contributed by atoms with Crippen LogP contribution in [0, 0.1) is 0 Å². The van der Waals surface area contributed by atoms with Crippen molar-refractivity contribution in [3.63, 3.8) is 0 Å². The normalized spacial score (nSPS) is 10.6. The number of para-hydroxylation sites is 1. The van der Waals surface area contributed by atoms with Crippen LogP contribution in [-0.4, -0.2) is 24.3 Å². The number of hydrogen-bond donors (Lipinski definition) is 1. The summed E-state index contributed by atoms with van der Waals surface area (Å²) in [6, 6.07) is 14.5. The second kappa shape index (κ2) is 7.63. The van der Waals surface area contributed by atoms with E-state index in [-0.39, 0.29) is 17.9 Å². The number of esters is 1. The van der Waals surface area contributed by atoms with Crippen LogP contribution in [0.5, 0.6) is 11.5 Å². The highest BCUT2D eigenvalue weighted by Crippen LogP contribution is 2.23. The number of fused-ring (bicyclic) bond motifs is 1. The highest BCUT2D eigenvalue weighted by molar-refractivity contribution is 5.94. The van der Waals surface area contributed by atoms with Crippen molar-refractivity contribution in [2.45, 2.75) is 6.42 Å². The van der Waals surface area contributed by atoms with E-state index < -0.39 is 11.6 Å². The number of aliphatic hydroxyl groups excluding tert-OH is 1. The molecule has 1 heterocycles. The largest absolute Gasteiger partial charge is 0.493 e. The van der Waals surface area contributed by atoms with Crippen molar-refractivity contribution < 1.29 is 23.8 Å². The van der Waals surface area contributed by atoms with Crippen molar-refractivity contribution in [2.75, 3.05) is 13.2 Å². The predicted octanol–water partition coefficient (Wildman–Crippen LogP) is 2.77. The van der Waals surface area contributed by atoms with Gasteiger partial charge in [-0.1, -0.05) is 12.1 Å². The molecule has 3 rings (SSSR count). The van der Waals surface area contributed by atoms with Gasteiger partial charge in [0.15, 0.2) is 0 Å². The lowest BCUT2D eigenvalue weighted by molar-refractivity contribution is 0.0730. The summed E-state index contributed by atoms with van der Waals surface area (Å²) in [6.07, 6.45) is 0.465. The maximum atomic E-state index is 12.4. The quantitative estimate of drug-likeness (QED) is 0.321. The van der Waals surface area contributed by atoms with Crippen LogP contribution in [0.2, 0.25) is 0 Å². The van der Waals surface area contributed by atoms with Crippen LogP contribution in [0.3, 0.4) is 0 Å². The van der Waals surface area contributed by atoms with Gasteiger partial charge >= 0.3 is 11.6 Å². The second-order valence-corrected chi connectivity index (χ2v) is 5.27. The summed E-state index contributed by atoms with van der Waals surface area (Å²) >= 11 is 0. The van der Waals surface area contributed by atoms with E-state index in [0.29, 0.717) is 24.4 Å². The fourth-order valence-corrected chi connectivity index (χ4v) is 2.27. The third-order valence-corrected chi connectivity index (χ3v) is 3.47. The Bertz CT molecular complexity index is 944. The topological polar surface area (TPSA) is 86.0 Å². The Morgan fingerprint density at radius 2 is 1.88 bits per heavy atom. The van der Waals surface area contributed by atoms with Crippen LogP contribution < -0.4 is 15.1 Å². The Balaban J connectivity index is 1.81. The first-order chi connectivity index (χ1) is 12.2. The molecule has 1 aromatic heterocycles. The molecule has 1 N–H and O–H groups in total. The number of carbonyl (C=O) groups is 1. The lowest BCUT2D eigenvalue weighted by Gasteiger charge is -2.10. The molecule has 2 aromatic carbocycles. The van der Waals surface area contributed by atoms with Crippen molar-refractivity contribution >= 4 is 16.9 Å². The number of benzene rings is 2. The Morgan fingerprint density at radius 1 is 1.08 bits per heavy atom. The van der Waals surface area contributed by atoms with E-state index in [1.165, 1.54) is 12.1 Å². The summed E-state index contributed by atoms with van der Waals surface area (Å²) in [4.78, 5) is 23.7. The maximum Gasteiger partial charge on any atom is 0.347 e. The van der Waals surface area contributed by atoms with E-state index in [9.17, 15) is 9.59 Å². The average Bonchev–Trinajstić information content (AvgIpc) is 2.62. The van der Waals surface area contributed by atoms with Gasteiger partial charge in [0.1, 0.15) is 22.6 Å². The molecule has 6 heteroatoms. The van der Waals surface area contributed by atoms with Crippen molar-refractivity contribution in [1.82, 2.24) is 0 Å². The zero-order valence-electron chi connectivity index (χ0n) is 13.3. The van der Waals surface area contributed by atoms with Gasteiger partial charge in [0.25, 0.3) is 0 Å². The molecule has 0 saturated heterocycles. The molecule has 128 valence electrons. The lowest BCUT2D eigenvalue weighted by atomic mass is 10.2. The Labute approximate surface area is 143 Å². The van der Waals surface area contributed by atoms with Crippen LogP contribution in [0.1, 0.15) is 16.8 Å². The van der Waals surface area contributed by atoms with Crippen LogP contribution in [0.15, 0.2) is 63.8 Å². The van der Waals surface area contributed by atoms with Gasteiger partial charge in [-0.05, 0) is 30.3 Å². The molecule has 0 radical (unpaired) electrons. The molecule has 3 aromatic rings. The molecule has 0 aliphatic heterocycles. The van der Waals surface area contributed by atoms with Crippen molar-refractivity contribution in [3.05, 3.63) is 70.6 Å². The van der Waals surface area contributed by atoms with E-state index in [0.717, 1.165) is 5.39 Å². The Hall–Kier alpha value is -3.12. The molecule has 0 aliphatic carbocycles. The van der Waals surface area contributed by atoms with Gasteiger partial charge in [0.05, 0.1) is 6.61 Å². The van der Waals surface area contributed by atoms with E-state index in [1.54, 1.807) is 42.5 Å². The smallest absolute Gasteiger partial charge is 0.347 e. The zero-order valence-corrected chi connectivity index (χ0v) is 13.3. The van der Waals surface area contributed by atoms with Crippen molar-refractivity contribution in [3.8, 4) is 11.5 Å². The maximum absolute atomic E-state index is 12.4. The van der Waals surface area contributed by atoms with Gasteiger partial charge in [0.2, 0.25) is 0 Å². The van der Waals surface area contributed by atoms with Gasteiger partial charge in [-0.15, -0.1) is 0 Å². The molecule has 0 aliphatic rings. The third-order valence-electron chi connectivity index (χ3n) is 3.47. The summed E-state index contributed by atoms with van der Waals surface area (Å²) in [7, 11) is 0. The highest BCUT2D eigenvalue weighted by Gasteiger charge is 2.15. The summed E-state index contributed by atoms with van der Waals surface area (Å²) in [6.45, 7) is 0.302. The molecule has 0 bridgehead atoms. The Morgan fingerprint density at radius 3 is 2.72 bits per heavy atom. The lowest BCUT2D eigenvalue weighted by Crippen LogP contribution is -2.11. The number of aliphatic hydroxyl groups is 1. The SMILES string of the molecule is O=C(Oc1ccc2ccc(=O)oc2c1)c1ccccc1OCCCO. The molecule has 0 atom stereocenters. The predicted molar refractivity (Wildman–Crippen MR) is 91.1 cm³/mol. The number of hydrogen-bond acceptors (Lipinski definition) is 6. The minimum absolute atomic E-state index is 0.00883. The van der Waals surface area contributed by atoms with E-state index in [2.05, 4.69) is 0 Å². The van der Waals surface area contributed by atoms with Gasteiger partial charge in [0, 0.05) is 30.5 Å². The average molecular weight is 340 g/mol. The number of ether oxygens (including phenoxy) is 2. The molecule has 0 amide bonds. The molecule has 0 unspecified atom stereocenters. The fourth-order valence-electron chi connectivity index (χ4n) is 2.27. The van der Waals surface area contributed by atoms with E-state index >= 15 is 0 Å². The minimum Gasteiger partial charge on any atom is -0.493 e. The van der Waals surface area contributed by atoms with Crippen molar-refractivity contribution in [2.24, 2.45) is 0 Å². The van der Waals surface area contributed by atoms with Crippen LogP contribution >= 0.6 is 0 Å². The number of carbonyl (C=O) groups excluding carboxylic acids is 1. The summed E-state index contributed by atoms with van der Waals surface area (Å²) < 4.78 is 16.0. The first-order valence-corrected chi connectivity index (χ1v) is 7.76. The summed E-state index contributed by atoms with van der Waals surface area (Å²) in [5, 5.41) is 9.55. The zero-order chi connectivity index (χ0) is 17.6. The molecular weight excluding hydrogens is 324 g/mol. The van der Waals surface area contributed by atoms with E-state index in [1.807, 2.05) is 0 Å². The van der Waals surface area contributed by atoms with Crippen LogP contribution in [0.25, 0.3) is 11.0 Å². The molecule has 6 nitrogen and oxygen atoms in total. The summed E-state index contributed by atoms with van der Waals surface area (Å²) in [5.74, 6) is 0.0579. The van der Waals surface area contributed by atoms with Gasteiger partial charge in [-0.2, -0.15) is 0 Å². The standard InChI is InChI=1S/C19H16O6/c20-10-3-11-23-16-5-2-1-4-15(16)19(22)24-14-8-6-13-7-9-18(21)25-17(13)12-14/h1-2,4-9,12,20H,3,10-11H2. The molecule has 25 heavy (non-hydrogen) atoms. The molecular formula is C19H16O6. The number of rotatable bonds is 6. The second-order valence-electron chi connectivity index (χ2n) is 5.27. The van der Waals surface area contributed by atoms with E-state index in [4.69, 9.17) is 19.0 Å². The van der Waals surface area contributed by atoms with Gasteiger partial charge in [-0.3, -0.25) is 0 Å². The van der Waals surface area contributed by atoms with Crippen LogP contribution in [0.4, 0.5) is 0 Å². The molecule has 0 saturated carbocycles. The molecule has 0 spiro atoms. The first-order valence-electron chi connectivity index (χ1n) is 7.76. The van der Waals surface area contributed by atoms with Crippen molar-refractivity contribution in [1.29, 1.82) is 0 Å². The van der Waals surface area contributed by atoms with Gasteiger partial charge in [-0.25, -0.2) is 9.59 Å². The highest BCUT2D eigenvalue weighted by atomic mass is 16.5. The molecule has 0 fully saturated rings. The van der Waals surface area contributed by atoms with Gasteiger partial charge < -0.3 is 19.0 Å². The Kier molecular flexibility index (Phi) is 5.11. The third kappa shape index (κ3) is 4.05. The fraction of sp³-hybridized carbons (Fsp3) is 0.158.